The molecule has 0 aliphatic carbocycles. The zero-order chi connectivity index (χ0) is 13.9. The minimum Gasteiger partial charge on any atom is -0.338 e. The van der Waals surface area contributed by atoms with Gasteiger partial charge < -0.3 is 10.3 Å². The fourth-order valence-corrected chi connectivity index (χ4v) is 2.57. The van der Waals surface area contributed by atoms with E-state index in [2.05, 4.69) is 47.4 Å². The molecule has 1 unspecified atom stereocenters. The van der Waals surface area contributed by atoms with E-state index in [1.165, 1.54) is 16.3 Å². The topological polar surface area (TPSA) is 43.8 Å². The lowest BCUT2D eigenvalue weighted by Crippen LogP contribution is -2.26. The van der Waals surface area contributed by atoms with Gasteiger partial charge in [0, 0.05) is 31.9 Å². The molecule has 1 atom stereocenters. The fraction of sp³-hybridized carbons (Fsp3) is 0.235. The van der Waals surface area contributed by atoms with Crippen LogP contribution in [-0.4, -0.2) is 15.6 Å². The molecule has 0 fully saturated rings. The minimum absolute atomic E-state index is 0.0947. The van der Waals surface area contributed by atoms with Gasteiger partial charge in [0.05, 0.1) is 0 Å². The van der Waals surface area contributed by atoms with Crippen molar-refractivity contribution in [1.29, 1.82) is 0 Å². The van der Waals surface area contributed by atoms with Crippen molar-refractivity contribution in [3.63, 3.8) is 0 Å². The van der Waals surface area contributed by atoms with Crippen molar-refractivity contribution in [2.24, 2.45) is 12.8 Å². The smallest absolute Gasteiger partial charge is 0.109 e. The molecule has 20 heavy (non-hydrogen) atoms. The van der Waals surface area contributed by atoms with Gasteiger partial charge in [0.1, 0.15) is 5.82 Å². The third-order valence-corrected chi connectivity index (χ3v) is 3.68. The van der Waals surface area contributed by atoms with Gasteiger partial charge in [-0.3, -0.25) is 0 Å². The van der Waals surface area contributed by atoms with Crippen LogP contribution in [0, 0.1) is 0 Å². The predicted octanol–water partition coefficient (Wildman–Crippen LogP) is 2.69. The maximum absolute atomic E-state index is 6.26. The summed E-state index contributed by atoms with van der Waals surface area (Å²) in [6, 6.07) is 15.1. The summed E-state index contributed by atoms with van der Waals surface area (Å²) in [6.45, 7) is 0. The molecule has 0 aliphatic heterocycles. The molecule has 1 heterocycles. The van der Waals surface area contributed by atoms with E-state index in [1.807, 2.05) is 24.0 Å². The Kier molecular flexibility index (Phi) is 3.52. The first-order valence-corrected chi connectivity index (χ1v) is 6.92. The van der Waals surface area contributed by atoms with Gasteiger partial charge in [-0.05, 0) is 22.8 Å². The van der Waals surface area contributed by atoms with E-state index in [0.717, 1.165) is 18.7 Å². The van der Waals surface area contributed by atoms with Crippen molar-refractivity contribution >= 4 is 10.8 Å². The van der Waals surface area contributed by atoms with Crippen molar-refractivity contribution in [1.82, 2.24) is 9.55 Å². The van der Waals surface area contributed by atoms with E-state index in [9.17, 15) is 0 Å². The largest absolute Gasteiger partial charge is 0.338 e. The summed E-state index contributed by atoms with van der Waals surface area (Å²) < 4.78 is 2.03. The molecular formula is C17H19N3. The number of aryl methyl sites for hydroxylation is 1. The van der Waals surface area contributed by atoms with Crippen molar-refractivity contribution in [3.8, 4) is 0 Å². The highest BCUT2D eigenvalue weighted by Gasteiger charge is 2.09. The van der Waals surface area contributed by atoms with Crippen LogP contribution in [0.25, 0.3) is 10.8 Å². The van der Waals surface area contributed by atoms with Gasteiger partial charge in [0.2, 0.25) is 0 Å². The molecule has 2 aromatic carbocycles. The third-order valence-electron chi connectivity index (χ3n) is 3.68. The number of rotatable bonds is 4. The van der Waals surface area contributed by atoms with Gasteiger partial charge in [-0.25, -0.2) is 4.98 Å². The molecule has 3 aromatic rings. The number of fused-ring (bicyclic) bond motifs is 1. The molecule has 0 saturated heterocycles. The van der Waals surface area contributed by atoms with E-state index >= 15 is 0 Å². The second-order valence-corrected chi connectivity index (χ2v) is 5.30. The van der Waals surface area contributed by atoms with Crippen LogP contribution < -0.4 is 5.73 Å². The molecule has 0 saturated carbocycles. The maximum Gasteiger partial charge on any atom is 0.109 e. The molecule has 0 radical (unpaired) electrons. The number of imidazole rings is 1. The Morgan fingerprint density at radius 2 is 1.90 bits per heavy atom. The maximum atomic E-state index is 6.26. The van der Waals surface area contributed by atoms with Crippen molar-refractivity contribution < 1.29 is 0 Å². The SMILES string of the molecule is Cn1ccnc1CC(N)Cc1ccc2ccccc2c1. The first-order chi connectivity index (χ1) is 9.72. The lowest BCUT2D eigenvalue weighted by atomic mass is 10.0. The number of benzene rings is 2. The quantitative estimate of drug-likeness (QED) is 0.788. The average molecular weight is 265 g/mol. The lowest BCUT2D eigenvalue weighted by molar-refractivity contribution is 0.622. The monoisotopic (exact) mass is 265 g/mol. The number of hydrogen-bond donors (Lipinski definition) is 1. The first-order valence-electron chi connectivity index (χ1n) is 6.92. The van der Waals surface area contributed by atoms with Crippen LogP contribution in [-0.2, 0) is 19.9 Å². The first kappa shape index (κ1) is 12.9. The molecular weight excluding hydrogens is 246 g/mol. The molecule has 2 N–H and O–H groups in total. The Morgan fingerprint density at radius 1 is 1.10 bits per heavy atom. The Hall–Kier alpha value is -2.13. The summed E-state index contributed by atoms with van der Waals surface area (Å²) in [5.41, 5.74) is 7.54. The highest BCUT2D eigenvalue weighted by atomic mass is 15.0. The summed E-state index contributed by atoms with van der Waals surface area (Å²) in [5.74, 6) is 1.04. The fourth-order valence-electron chi connectivity index (χ4n) is 2.57. The van der Waals surface area contributed by atoms with Crippen LogP contribution in [0.4, 0.5) is 0 Å². The second kappa shape index (κ2) is 5.47. The summed E-state index contributed by atoms with van der Waals surface area (Å²) in [6.07, 6.45) is 5.45. The number of nitrogens with zero attached hydrogens (tertiary/aromatic N) is 2. The highest BCUT2D eigenvalue weighted by Crippen LogP contribution is 2.17. The lowest BCUT2D eigenvalue weighted by Gasteiger charge is -2.12. The second-order valence-electron chi connectivity index (χ2n) is 5.30. The van der Waals surface area contributed by atoms with Gasteiger partial charge >= 0.3 is 0 Å². The van der Waals surface area contributed by atoms with Crippen LogP contribution in [0.15, 0.2) is 54.9 Å². The molecule has 0 amide bonds. The van der Waals surface area contributed by atoms with Crippen LogP contribution in [0.2, 0.25) is 0 Å². The summed E-state index contributed by atoms with van der Waals surface area (Å²) in [4.78, 5) is 4.33. The molecule has 0 spiro atoms. The summed E-state index contributed by atoms with van der Waals surface area (Å²) in [5, 5.41) is 2.54. The van der Waals surface area contributed by atoms with Crippen molar-refractivity contribution in [2.45, 2.75) is 18.9 Å². The van der Waals surface area contributed by atoms with E-state index in [0.29, 0.717) is 0 Å². The van der Waals surface area contributed by atoms with Crippen LogP contribution in [0.5, 0.6) is 0 Å². The molecule has 102 valence electrons. The van der Waals surface area contributed by atoms with Crippen LogP contribution in [0.3, 0.4) is 0 Å². The van der Waals surface area contributed by atoms with E-state index < -0.39 is 0 Å². The number of nitrogens with two attached hydrogens (primary N) is 1. The molecule has 1 aromatic heterocycles. The summed E-state index contributed by atoms with van der Waals surface area (Å²) in [7, 11) is 2.01. The third kappa shape index (κ3) is 2.73. The van der Waals surface area contributed by atoms with Gasteiger partial charge in [-0.1, -0.05) is 42.5 Å². The molecule has 0 bridgehead atoms. The number of aromatic nitrogens is 2. The van der Waals surface area contributed by atoms with E-state index in [1.54, 1.807) is 0 Å². The minimum atomic E-state index is 0.0947. The van der Waals surface area contributed by atoms with Gasteiger partial charge in [-0.2, -0.15) is 0 Å². The van der Waals surface area contributed by atoms with Gasteiger partial charge in [0.15, 0.2) is 0 Å². The Labute approximate surface area is 119 Å². The van der Waals surface area contributed by atoms with Crippen molar-refractivity contribution in [2.75, 3.05) is 0 Å². The van der Waals surface area contributed by atoms with E-state index in [4.69, 9.17) is 5.73 Å². The summed E-state index contributed by atoms with van der Waals surface area (Å²) >= 11 is 0. The zero-order valence-electron chi connectivity index (χ0n) is 11.7. The molecule has 0 aliphatic rings. The molecule has 3 nitrogen and oxygen atoms in total. The average Bonchev–Trinajstić information content (AvgIpc) is 2.84. The Balaban J connectivity index is 1.74. The Morgan fingerprint density at radius 3 is 2.65 bits per heavy atom. The van der Waals surface area contributed by atoms with Crippen LogP contribution >= 0.6 is 0 Å². The highest BCUT2D eigenvalue weighted by molar-refractivity contribution is 5.82. The number of hydrogen-bond acceptors (Lipinski definition) is 2. The van der Waals surface area contributed by atoms with Gasteiger partial charge in [-0.15, -0.1) is 0 Å². The molecule has 3 heteroatoms. The molecule has 3 rings (SSSR count). The normalized spacial score (nSPS) is 12.7. The van der Waals surface area contributed by atoms with E-state index in [-0.39, 0.29) is 6.04 Å². The predicted molar refractivity (Wildman–Crippen MR) is 82.5 cm³/mol. The van der Waals surface area contributed by atoms with Gasteiger partial charge in [0.25, 0.3) is 0 Å². The zero-order valence-corrected chi connectivity index (χ0v) is 11.7. The Bertz CT molecular complexity index is 715. The van der Waals surface area contributed by atoms with Crippen LogP contribution in [0.1, 0.15) is 11.4 Å². The van der Waals surface area contributed by atoms with Crippen molar-refractivity contribution in [3.05, 3.63) is 66.2 Å². The standard InChI is InChI=1S/C17H19N3/c1-20-9-8-19-17(20)12-16(18)11-13-6-7-14-4-2-3-5-15(14)10-13/h2-10,16H,11-12,18H2,1H3.